The molecule has 0 aliphatic rings. The zero-order valence-electron chi connectivity index (χ0n) is 10.5. The average molecular weight is 297 g/mol. The summed E-state index contributed by atoms with van der Waals surface area (Å²) < 4.78 is 0. The molecule has 0 saturated heterocycles. The second kappa shape index (κ2) is 5.99. The van der Waals surface area contributed by atoms with Crippen LogP contribution in [0.3, 0.4) is 0 Å². The van der Waals surface area contributed by atoms with Crippen LogP contribution in [0.15, 0.2) is 24.3 Å². The Morgan fingerprint density at radius 2 is 2.21 bits per heavy atom. The lowest BCUT2D eigenvalue weighted by Crippen LogP contribution is -2.26. The lowest BCUT2D eigenvalue weighted by Gasteiger charge is -2.13. The quantitative estimate of drug-likeness (QED) is 0.910. The van der Waals surface area contributed by atoms with Crippen molar-refractivity contribution in [2.24, 2.45) is 0 Å². The van der Waals surface area contributed by atoms with E-state index in [1.807, 2.05) is 25.1 Å². The summed E-state index contributed by atoms with van der Waals surface area (Å²) >= 11 is 7.13. The van der Waals surface area contributed by atoms with E-state index in [9.17, 15) is 4.79 Å². The topological polar surface area (TPSA) is 66.9 Å². The second-order valence-electron chi connectivity index (χ2n) is 3.91. The summed E-state index contributed by atoms with van der Waals surface area (Å²) in [6.45, 7) is 1.89. The summed E-state index contributed by atoms with van der Waals surface area (Å²) in [5.74, 6) is -0.244. The van der Waals surface area contributed by atoms with Gasteiger partial charge in [0.05, 0.1) is 6.04 Å². The third kappa shape index (κ3) is 3.42. The number of carbonyl (C=O) groups excluding carboxylic acids is 1. The molecule has 2 aromatic rings. The maximum absolute atomic E-state index is 12.0. The predicted molar refractivity (Wildman–Crippen MR) is 76.8 cm³/mol. The predicted octanol–water partition coefficient (Wildman–Crippen LogP) is 2.72. The first kappa shape index (κ1) is 13.8. The number of carbonyl (C=O) groups is 1. The minimum atomic E-state index is -0.244. The number of halogens is 1. The first-order valence-corrected chi connectivity index (χ1v) is 6.87. The first-order valence-electron chi connectivity index (χ1n) is 5.67. The van der Waals surface area contributed by atoms with E-state index in [2.05, 4.69) is 20.8 Å². The van der Waals surface area contributed by atoms with E-state index < -0.39 is 0 Å². The molecular formula is C12H13ClN4OS. The fraction of sp³-hybridized carbons (Fsp3) is 0.250. The van der Waals surface area contributed by atoms with Crippen molar-refractivity contribution in [2.75, 3.05) is 12.4 Å². The van der Waals surface area contributed by atoms with Crippen LogP contribution in [0.1, 0.15) is 28.3 Å². The molecule has 0 radical (unpaired) electrons. The third-order valence-corrected chi connectivity index (χ3v) is 3.70. The molecule has 0 aliphatic heterocycles. The van der Waals surface area contributed by atoms with E-state index in [0.717, 1.165) is 5.56 Å². The Morgan fingerprint density at radius 1 is 1.42 bits per heavy atom. The van der Waals surface area contributed by atoms with Gasteiger partial charge < -0.3 is 10.6 Å². The Balaban J connectivity index is 2.06. The van der Waals surface area contributed by atoms with Gasteiger partial charge in [-0.1, -0.05) is 35.1 Å². The fourth-order valence-corrected chi connectivity index (χ4v) is 2.33. The monoisotopic (exact) mass is 296 g/mol. The number of aromatic nitrogens is 2. The molecule has 0 bridgehead atoms. The Hall–Kier alpha value is -1.66. The van der Waals surface area contributed by atoms with Gasteiger partial charge in [0.1, 0.15) is 0 Å². The van der Waals surface area contributed by atoms with E-state index in [1.54, 1.807) is 13.1 Å². The van der Waals surface area contributed by atoms with Gasteiger partial charge in [-0.25, -0.2) is 0 Å². The zero-order valence-corrected chi connectivity index (χ0v) is 12.0. The fourth-order valence-electron chi connectivity index (χ4n) is 1.53. The number of nitrogens with zero attached hydrogens (tertiary/aromatic N) is 2. The molecule has 2 N–H and O–H groups in total. The van der Waals surface area contributed by atoms with Crippen molar-refractivity contribution >= 4 is 34.0 Å². The van der Waals surface area contributed by atoms with Crippen LogP contribution < -0.4 is 10.6 Å². The molecule has 0 saturated carbocycles. The molecule has 5 nitrogen and oxygen atoms in total. The number of rotatable bonds is 4. The van der Waals surface area contributed by atoms with E-state index in [4.69, 9.17) is 11.6 Å². The molecule has 100 valence electrons. The second-order valence-corrected chi connectivity index (χ2v) is 5.33. The van der Waals surface area contributed by atoms with E-state index in [1.165, 1.54) is 11.3 Å². The number of anilines is 1. The first-order chi connectivity index (χ1) is 9.10. The van der Waals surface area contributed by atoms with Gasteiger partial charge in [-0.2, -0.15) is 0 Å². The van der Waals surface area contributed by atoms with Gasteiger partial charge >= 0.3 is 0 Å². The van der Waals surface area contributed by atoms with Gasteiger partial charge in [0.2, 0.25) is 10.1 Å². The normalized spacial score (nSPS) is 11.9. The van der Waals surface area contributed by atoms with Crippen LogP contribution in [-0.2, 0) is 0 Å². The number of benzene rings is 1. The summed E-state index contributed by atoms with van der Waals surface area (Å²) in [7, 11) is 1.73. The summed E-state index contributed by atoms with van der Waals surface area (Å²) in [5.41, 5.74) is 0.944. The lowest BCUT2D eigenvalue weighted by molar-refractivity contribution is 0.0939. The molecule has 1 atom stereocenters. The maximum atomic E-state index is 12.0. The highest BCUT2D eigenvalue weighted by Gasteiger charge is 2.15. The van der Waals surface area contributed by atoms with Crippen LogP contribution in [0.2, 0.25) is 5.02 Å². The number of hydrogen-bond donors (Lipinski definition) is 2. The Kier molecular flexibility index (Phi) is 4.34. The minimum absolute atomic E-state index is 0.145. The molecule has 19 heavy (non-hydrogen) atoms. The zero-order chi connectivity index (χ0) is 13.8. The van der Waals surface area contributed by atoms with Crippen molar-refractivity contribution in [1.29, 1.82) is 0 Å². The van der Waals surface area contributed by atoms with Gasteiger partial charge in [0.25, 0.3) is 5.91 Å². The molecule has 0 spiro atoms. The summed E-state index contributed by atoms with van der Waals surface area (Å²) in [6, 6.07) is 7.24. The highest BCUT2D eigenvalue weighted by Crippen LogP contribution is 2.19. The van der Waals surface area contributed by atoms with Crippen molar-refractivity contribution in [3.63, 3.8) is 0 Å². The highest BCUT2D eigenvalue weighted by molar-refractivity contribution is 7.17. The summed E-state index contributed by atoms with van der Waals surface area (Å²) in [4.78, 5) is 12.0. The van der Waals surface area contributed by atoms with E-state index in [0.29, 0.717) is 15.2 Å². The van der Waals surface area contributed by atoms with Crippen LogP contribution in [0.25, 0.3) is 0 Å². The molecular weight excluding hydrogens is 284 g/mol. The van der Waals surface area contributed by atoms with Crippen molar-refractivity contribution in [3.05, 3.63) is 39.9 Å². The molecule has 1 aromatic heterocycles. The van der Waals surface area contributed by atoms with Crippen molar-refractivity contribution in [3.8, 4) is 0 Å². The van der Waals surface area contributed by atoms with Crippen LogP contribution in [-0.4, -0.2) is 23.2 Å². The molecule has 1 unspecified atom stereocenters. The molecule has 1 aromatic carbocycles. The Morgan fingerprint density at radius 3 is 2.84 bits per heavy atom. The maximum Gasteiger partial charge on any atom is 0.282 e. The van der Waals surface area contributed by atoms with E-state index >= 15 is 0 Å². The largest absolute Gasteiger partial charge is 0.363 e. The number of hydrogen-bond acceptors (Lipinski definition) is 5. The smallest absolute Gasteiger partial charge is 0.282 e. The van der Waals surface area contributed by atoms with Crippen LogP contribution in [0.4, 0.5) is 5.13 Å². The average Bonchev–Trinajstić information content (AvgIpc) is 2.87. The van der Waals surface area contributed by atoms with Crippen LogP contribution in [0.5, 0.6) is 0 Å². The number of amides is 1. The van der Waals surface area contributed by atoms with Gasteiger partial charge in [-0.3, -0.25) is 4.79 Å². The summed E-state index contributed by atoms with van der Waals surface area (Å²) in [5, 5.41) is 14.9. The lowest BCUT2D eigenvalue weighted by atomic mass is 10.1. The highest BCUT2D eigenvalue weighted by atomic mass is 35.5. The van der Waals surface area contributed by atoms with Gasteiger partial charge in [0, 0.05) is 12.1 Å². The SMILES string of the molecule is CNc1nnc(C(=O)NC(C)c2cccc(Cl)c2)s1. The molecule has 2 rings (SSSR count). The standard InChI is InChI=1S/C12H13ClN4OS/c1-7(8-4-3-5-9(13)6-8)15-10(18)11-16-17-12(14-2)19-11/h3-7H,1-2H3,(H,14,17)(H,15,18). The molecule has 1 heterocycles. The van der Waals surface area contributed by atoms with Crippen molar-refractivity contribution < 1.29 is 4.79 Å². The van der Waals surface area contributed by atoms with Gasteiger partial charge in [-0.05, 0) is 24.6 Å². The van der Waals surface area contributed by atoms with E-state index in [-0.39, 0.29) is 11.9 Å². The third-order valence-electron chi connectivity index (χ3n) is 2.53. The van der Waals surface area contributed by atoms with Crippen LogP contribution in [0, 0.1) is 0 Å². The summed E-state index contributed by atoms with van der Waals surface area (Å²) in [6.07, 6.45) is 0. The minimum Gasteiger partial charge on any atom is -0.363 e. The van der Waals surface area contributed by atoms with Crippen LogP contribution >= 0.6 is 22.9 Å². The van der Waals surface area contributed by atoms with Gasteiger partial charge in [-0.15, -0.1) is 10.2 Å². The van der Waals surface area contributed by atoms with Crippen molar-refractivity contribution in [1.82, 2.24) is 15.5 Å². The molecule has 0 fully saturated rings. The Bertz CT molecular complexity index is 587. The number of nitrogens with one attached hydrogen (secondary N) is 2. The Labute approximate surface area is 120 Å². The van der Waals surface area contributed by atoms with Gasteiger partial charge in [0.15, 0.2) is 0 Å². The molecule has 0 aliphatic carbocycles. The van der Waals surface area contributed by atoms with Crippen molar-refractivity contribution in [2.45, 2.75) is 13.0 Å². The molecule has 7 heteroatoms. The molecule has 1 amide bonds.